The van der Waals surface area contributed by atoms with E-state index in [1.54, 1.807) is 0 Å². The molecule has 0 amide bonds. The van der Waals surface area contributed by atoms with Gasteiger partial charge >= 0.3 is 6.18 Å². The van der Waals surface area contributed by atoms with E-state index < -0.39 is 24.8 Å². The molecule has 1 aromatic rings. The predicted octanol–water partition coefficient (Wildman–Crippen LogP) is 4.68. The fourth-order valence-electron chi connectivity index (χ4n) is 1.23. The van der Waals surface area contributed by atoms with Crippen LogP contribution >= 0.6 is 0 Å². The van der Waals surface area contributed by atoms with Crippen molar-refractivity contribution in [2.75, 3.05) is 6.61 Å². The largest absolute Gasteiger partial charge is 0.487 e. The molecule has 0 aliphatic heterocycles. The van der Waals surface area contributed by atoms with Crippen LogP contribution in [0.5, 0.6) is 5.75 Å². The second-order valence-electron chi connectivity index (χ2n) is 3.13. The van der Waals surface area contributed by atoms with Gasteiger partial charge in [-0.25, -0.2) is 8.78 Å². The van der Waals surface area contributed by atoms with E-state index in [1.807, 2.05) is 13.8 Å². The van der Waals surface area contributed by atoms with E-state index >= 15 is 0 Å². The molecule has 1 nitrogen and oxygen atoms in total. The Bertz CT molecular complexity index is 360. The second kappa shape index (κ2) is 7.18. The zero-order valence-electron chi connectivity index (χ0n) is 10.3. The topological polar surface area (TPSA) is 9.23 Å². The monoisotopic (exact) mass is 270 g/mol. The maximum absolute atomic E-state index is 12.4. The van der Waals surface area contributed by atoms with Crippen molar-refractivity contribution in [2.24, 2.45) is 0 Å². The Labute approximate surface area is 103 Å². The molecule has 0 aromatic heterocycles. The van der Waals surface area contributed by atoms with Gasteiger partial charge in [0.2, 0.25) is 0 Å². The molecule has 0 radical (unpaired) electrons. The minimum absolute atomic E-state index is 0.171. The number of benzene rings is 1. The molecule has 1 aromatic carbocycles. The first kappa shape index (κ1) is 16.7. The summed E-state index contributed by atoms with van der Waals surface area (Å²) in [6.07, 6.45) is -7.22. The first-order valence-electron chi connectivity index (χ1n) is 5.40. The predicted molar refractivity (Wildman–Crippen MR) is 59.0 cm³/mol. The smallest absolute Gasteiger partial charge is 0.416 e. The number of rotatable bonds is 3. The standard InChI is InChI=1S/C10H9F5O.C2H6/c1-6-7(10(13,14)15)3-2-4-8(6)16-5-9(11)12;1-2/h2-4,9H,5H2,1H3;1-2H3. The molecule has 0 unspecified atom stereocenters. The molecule has 1 rings (SSSR count). The Morgan fingerprint density at radius 3 is 2.17 bits per heavy atom. The lowest BCUT2D eigenvalue weighted by atomic mass is 10.1. The van der Waals surface area contributed by atoms with E-state index in [9.17, 15) is 22.0 Å². The van der Waals surface area contributed by atoms with Crippen LogP contribution in [0.25, 0.3) is 0 Å². The highest BCUT2D eigenvalue weighted by Crippen LogP contribution is 2.35. The molecule has 6 heteroatoms. The van der Waals surface area contributed by atoms with Crippen molar-refractivity contribution < 1.29 is 26.7 Å². The highest BCUT2D eigenvalue weighted by atomic mass is 19.4. The summed E-state index contributed by atoms with van der Waals surface area (Å²) in [5, 5.41) is 0. The van der Waals surface area contributed by atoms with E-state index in [0.29, 0.717) is 0 Å². The quantitative estimate of drug-likeness (QED) is 0.724. The van der Waals surface area contributed by atoms with Gasteiger partial charge in [-0.15, -0.1) is 0 Å². The average molecular weight is 270 g/mol. The summed E-state index contributed by atoms with van der Waals surface area (Å²) >= 11 is 0. The van der Waals surface area contributed by atoms with Gasteiger partial charge in [0, 0.05) is 5.56 Å². The molecule has 0 aliphatic carbocycles. The van der Waals surface area contributed by atoms with Crippen LogP contribution in [0.4, 0.5) is 22.0 Å². The highest BCUT2D eigenvalue weighted by Gasteiger charge is 2.33. The summed E-state index contributed by atoms with van der Waals surface area (Å²) in [6, 6.07) is 3.23. The van der Waals surface area contributed by atoms with Crippen LogP contribution in [0.1, 0.15) is 25.0 Å². The van der Waals surface area contributed by atoms with Crippen molar-refractivity contribution in [3.05, 3.63) is 29.3 Å². The van der Waals surface area contributed by atoms with Crippen LogP contribution in [-0.4, -0.2) is 13.0 Å². The van der Waals surface area contributed by atoms with Gasteiger partial charge < -0.3 is 4.74 Å². The van der Waals surface area contributed by atoms with E-state index in [4.69, 9.17) is 0 Å². The van der Waals surface area contributed by atoms with E-state index in [2.05, 4.69) is 4.74 Å². The Morgan fingerprint density at radius 2 is 1.72 bits per heavy atom. The van der Waals surface area contributed by atoms with Gasteiger partial charge in [-0.1, -0.05) is 19.9 Å². The SMILES string of the molecule is CC.Cc1c(OCC(F)F)cccc1C(F)(F)F. The molecule has 0 aliphatic rings. The van der Waals surface area contributed by atoms with E-state index in [-0.39, 0.29) is 11.3 Å². The molecule has 0 saturated heterocycles. The molecule has 0 N–H and O–H groups in total. The van der Waals surface area contributed by atoms with Crippen LogP contribution in [0.3, 0.4) is 0 Å². The molecule has 0 spiro atoms. The van der Waals surface area contributed by atoms with Crippen LogP contribution in [0.2, 0.25) is 0 Å². The maximum atomic E-state index is 12.4. The molecular weight excluding hydrogens is 255 g/mol. The van der Waals surface area contributed by atoms with Gasteiger partial charge in [0.15, 0.2) is 0 Å². The number of alkyl halides is 5. The summed E-state index contributed by atoms with van der Waals surface area (Å²) in [4.78, 5) is 0. The fraction of sp³-hybridized carbons (Fsp3) is 0.500. The third-order valence-electron chi connectivity index (χ3n) is 1.95. The van der Waals surface area contributed by atoms with Crippen molar-refractivity contribution >= 4 is 0 Å². The number of halogens is 5. The lowest BCUT2D eigenvalue weighted by Crippen LogP contribution is -2.11. The van der Waals surface area contributed by atoms with Crippen LogP contribution in [0.15, 0.2) is 18.2 Å². The highest BCUT2D eigenvalue weighted by molar-refractivity contribution is 5.40. The third-order valence-corrected chi connectivity index (χ3v) is 1.95. The molecular formula is C12H15F5O. The Hall–Kier alpha value is -1.33. The van der Waals surface area contributed by atoms with Crippen LogP contribution in [-0.2, 0) is 6.18 Å². The summed E-state index contributed by atoms with van der Waals surface area (Å²) < 4.78 is 65.5. The molecule has 0 bridgehead atoms. The Morgan fingerprint density at radius 1 is 1.17 bits per heavy atom. The van der Waals surface area contributed by atoms with Gasteiger partial charge in [0.25, 0.3) is 6.43 Å². The van der Waals surface area contributed by atoms with Crippen molar-refractivity contribution in [2.45, 2.75) is 33.4 Å². The molecule has 104 valence electrons. The first-order valence-corrected chi connectivity index (χ1v) is 5.40. The Kier molecular flexibility index (Phi) is 6.65. The maximum Gasteiger partial charge on any atom is 0.416 e. The zero-order chi connectivity index (χ0) is 14.3. The fourth-order valence-corrected chi connectivity index (χ4v) is 1.23. The van der Waals surface area contributed by atoms with Crippen LogP contribution < -0.4 is 4.74 Å². The summed E-state index contributed by atoms with van der Waals surface area (Å²) in [7, 11) is 0. The van der Waals surface area contributed by atoms with Crippen molar-refractivity contribution in [3.8, 4) is 5.75 Å². The summed E-state index contributed by atoms with van der Waals surface area (Å²) in [6.45, 7) is 4.27. The first-order chi connectivity index (χ1) is 8.32. The van der Waals surface area contributed by atoms with E-state index in [1.165, 1.54) is 13.0 Å². The third kappa shape index (κ3) is 4.89. The lowest BCUT2D eigenvalue weighted by Gasteiger charge is -2.14. The second-order valence-corrected chi connectivity index (χ2v) is 3.13. The molecule has 0 atom stereocenters. The molecule has 18 heavy (non-hydrogen) atoms. The minimum Gasteiger partial charge on any atom is -0.487 e. The molecule has 0 fully saturated rings. The average Bonchev–Trinajstić information content (AvgIpc) is 2.28. The summed E-state index contributed by atoms with van der Waals surface area (Å²) in [5.74, 6) is -0.171. The van der Waals surface area contributed by atoms with Crippen molar-refractivity contribution in [1.29, 1.82) is 0 Å². The van der Waals surface area contributed by atoms with Crippen molar-refractivity contribution in [1.82, 2.24) is 0 Å². The van der Waals surface area contributed by atoms with Crippen molar-refractivity contribution in [3.63, 3.8) is 0 Å². The number of hydrogen-bond donors (Lipinski definition) is 0. The summed E-state index contributed by atoms with van der Waals surface area (Å²) in [5.41, 5.74) is -1.06. The number of hydrogen-bond acceptors (Lipinski definition) is 1. The molecule has 0 saturated carbocycles. The van der Waals surface area contributed by atoms with Gasteiger partial charge in [0.1, 0.15) is 12.4 Å². The van der Waals surface area contributed by atoms with Gasteiger partial charge in [-0.3, -0.25) is 0 Å². The molecule has 0 heterocycles. The van der Waals surface area contributed by atoms with Gasteiger partial charge in [-0.2, -0.15) is 13.2 Å². The lowest BCUT2D eigenvalue weighted by molar-refractivity contribution is -0.138. The van der Waals surface area contributed by atoms with E-state index in [0.717, 1.165) is 12.1 Å². The number of ether oxygens (including phenoxy) is 1. The zero-order valence-corrected chi connectivity index (χ0v) is 10.3. The normalized spacial score (nSPS) is 10.9. The Balaban J connectivity index is 0.00000137. The minimum atomic E-state index is -4.51. The van der Waals surface area contributed by atoms with Crippen LogP contribution in [0, 0.1) is 6.92 Å². The van der Waals surface area contributed by atoms with Gasteiger partial charge in [0.05, 0.1) is 5.56 Å². The van der Waals surface area contributed by atoms with Gasteiger partial charge in [-0.05, 0) is 19.1 Å².